The number of piperazine rings is 1. The number of amides is 1. The molecule has 0 radical (unpaired) electrons. The van der Waals surface area contributed by atoms with E-state index in [9.17, 15) is 4.79 Å². The number of nitrogens with zero attached hydrogens (tertiary/aromatic N) is 4. The van der Waals surface area contributed by atoms with E-state index >= 15 is 0 Å². The van der Waals surface area contributed by atoms with Crippen molar-refractivity contribution in [1.82, 2.24) is 15.1 Å². The summed E-state index contributed by atoms with van der Waals surface area (Å²) >= 11 is 0. The Morgan fingerprint density at radius 2 is 1.72 bits per heavy atom. The monoisotopic (exact) mass is 339 g/mol. The maximum absolute atomic E-state index is 11.1. The van der Waals surface area contributed by atoms with Crippen molar-refractivity contribution in [3.63, 3.8) is 0 Å². The van der Waals surface area contributed by atoms with Crippen LogP contribution in [-0.4, -0.2) is 47.2 Å². The Kier molecular flexibility index (Phi) is 5.28. The number of anilines is 1. The van der Waals surface area contributed by atoms with Crippen molar-refractivity contribution in [2.45, 2.75) is 26.3 Å². The van der Waals surface area contributed by atoms with Gasteiger partial charge in [-0.3, -0.25) is 9.69 Å². The largest absolute Gasteiger partial charge is 0.364 e. The van der Waals surface area contributed by atoms with E-state index in [0.29, 0.717) is 5.92 Å². The number of carbonyl (C=O) groups is 1. The minimum absolute atomic E-state index is 0.201. The molecule has 6 heteroatoms. The lowest BCUT2D eigenvalue weighted by molar-refractivity contribution is 0.0994. The van der Waals surface area contributed by atoms with Gasteiger partial charge in [-0.25, -0.2) is 0 Å². The topological polar surface area (TPSA) is 75.3 Å². The van der Waals surface area contributed by atoms with Crippen molar-refractivity contribution in [2.75, 3.05) is 31.1 Å². The van der Waals surface area contributed by atoms with Crippen LogP contribution >= 0.6 is 0 Å². The Bertz CT molecular complexity index is 704. The summed E-state index contributed by atoms with van der Waals surface area (Å²) < 4.78 is 0. The molecule has 0 bridgehead atoms. The van der Waals surface area contributed by atoms with Crippen molar-refractivity contribution in [3.8, 4) is 0 Å². The molecule has 0 atom stereocenters. The van der Waals surface area contributed by atoms with E-state index in [4.69, 9.17) is 5.73 Å². The number of benzene rings is 1. The number of carbonyl (C=O) groups excluding carboxylic acids is 1. The van der Waals surface area contributed by atoms with Crippen LogP contribution in [0.2, 0.25) is 0 Å². The SMILES string of the molecule is CC(C)c1ccc(CN2CCN(c3ccc(C(N)=O)nn3)CC2)cc1. The first-order valence-electron chi connectivity index (χ1n) is 8.72. The number of rotatable bonds is 5. The fraction of sp³-hybridized carbons (Fsp3) is 0.421. The molecule has 1 aromatic heterocycles. The maximum Gasteiger partial charge on any atom is 0.269 e. The number of hydrogen-bond donors (Lipinski definition) is 1. The van der Waals surface area contributed by atoms with Crippen LogP contribution < -0.4 is 10.6 Å². The van der Waals surface area contributed by atoms with Gasteiger partial charge >= 0.3 is 0 Å². The molecule has 0 spiro atoms. The highest BCUT2D eigenvalue weighted by atomic mass is 16.1. The fourth-order valence-electron chi connectivity index (χ4n) is 3.03. The zero-order valence-electron chi connectivity index (χ0n) is 14.9. The third-order valence-corrected chi connectivity index (χ3v) is 4.65. The van der Waals surface area contributed by atoms with Crippen LogP contribution in [0.25, 0.3) is 0 Å². The summed E-state index contributed by atoms with van der Waals surface area (Å²) in [6.45, 7) is 9.15. The normalized spacial score (nSPS) is 15.6. The molecule has 2 N–H and O–H groups in total. The highest BCUT2D eigenvalue weighted by Gasteiger charge is 2.18. The molecule has 2 heterocycles. The molecule has 2 aromatic rings. The Hall–Kier alpha value is -2.47. The average molecular weight is 339 g/mol. The van der Waals surface area contributed by atoms with Crippen molar-refractivity contribution < 1.29 is 4.79 Å². The first-order chi connectivity index (χ1) is 12.0. The molecule has 1 aliphatic rings. The van der Waals surface area contributed by atoms with Crippen molar-refractivity contribution in [1.29, 1.82) is 0 Å². The molecule has 0 saturated carbocycles. The summed E-state index contributed by atoms with van der Waals surface area (Å²) in [7, 11) is 0. The standard InChI is InChI=1S/C19H25N5O/c1-14(2)16-5-3-15(4-6-16)13-23-9-11-24(12-10-23)18-8-7-17(19(20)25)21-22-18/h3-8,14H,9-13H2,1-2H3,(H2,20,25). The number of aromatic nitrogens is 2. The van der Waals surface area contributed by atoms with E-state index in [2.05, 4.69) is 58.1 Å². The number of hydrogen-bond acceptors (Lipinski definition) is 5. The fourth-order valence-corrected chi connectivity index (χ4v) is 3.03. The van der Waals surface area contributed by atoms with Gasteiger partial charge < -0.3 is 10.6 Å². The second kappa shape index (κ2) is 7.61. The van der Waals surface area contributed by atoms with Gasteiger partial charge in [0.1, 0.15) is 0 Å². The van der Waals surface area contributed by atoms with Crippen LogP contribution in [0.4, 0.5) is 5.82 Å². The maximum atomic E-state index is 11.1. The lowest BCUT2D eigenvalue weighted by atomic mass is 10.0. The Labute approximate surface area is 148 Å². The molecule has 3 rings (SSSR count). The van der Waals surface area contributed by atoms with E-state index in [1.807, 2.05) is 6.07 Å². The van der Waals surface area contributed by atoms with E-state index in [-0.39, 0.29) is 5.69 Å². The molecule has 1 aromatic carbocycles. The molecule has 0 unspecified atom stereocenters. The van der Waals surface area contributed by atoms with Crippen molar-refractivity contribution in [2.24, 2.45) is 5.73 Å². The first-order valence-corrected chi connectivity index (χ1v) is 8.72. The van der Waals surface area contributed by atoms with Crippen molar-refractivity contribution >= 4 is 11.7 Å². The van der Waals surface area contributed by atoms with Crippen molar-refractivity contribution in [3.05, 3.63) is 53.2 Å². The minimum atomic E-state index is -0.549. The van der Waals surface area contributed by atoms with Gasteiger partial charge in [-0.2, -0.15) is 0 Å². The van der Waals surface area contributed by atoms with Gasteiger partial charge in [-0.1, -0.05) is 38.1 Å². The third-order valence-electron chi connectivity index (χ3n) is 4.65. The summed E-state index contributed by atoms with van der Waals surface area (Å²) in [4.78, 5) is 15.7. The van der Waals surface area contributed by atoms with Gasteiger partial charge in [0, 0.05) is 32.7 Å². The summed E-state index contributed by atoms with van der Waals surface area (Å²) in [6.07, 6.45) is 0. The van der Waals surface area contributed by atoms with Gasteiger partial charge in [0.05, 0.1) is 0 Å². The Morgan fingerprint density at radius 3 is 2.24 bits per heavy atom. The van der Waals surface area contributed by atoms with Crippen LogP contribution in [0.3, 0.4) is 0 Å². The van der Waals surface area contributed by atoms with Gasteiger partial charge in [0.25, 0.3) is 5.91 Å². The summed E-state index contributed by atoms with van der Waals surface area (Å²) in [6, 6.07) is 12.4. The van der Waals surface area contributed by atoms with Gasteiger partial charge in [0.2, 0.25) is 0 Å². The highest BCUT2D eigenvalue weighted by molar-refractivity contribution is 5.90. The van der Waals surface area contributed by atoms with Crippen LogP contribution in [0.5, 0.6) is 0 Å². The summed E-state index contributed by atoms with van der Waals surface area (Å²) in [5.41, 5.74) is 8.13. The van der Waals surface area contributed by atoms with Gasteiger partial charge in [-0.05, 0) is 29.2 Å². The summed E-state index contributed by atoms with van der Waals surface area (Å²) in [5.74, 6) is 0.818. The molecular weight excluding hydrogens is 314 g/mol. The molecule has 1 amide bonds. The predicted molar refractivity (Wildman–Crippen MR) is 98.6 cm³/mol. The Morgan fingerprint density at radius 1 is 1.04 bits per heavy atom. The second-order valence-electron chi connectivity index (χ2n) is 6.80. The zero-order valence-corrected chi connectivity index (χ0v) is 14.9. The van der Waals surface area contributed by atoms with Crippen LogP contribution in [0, 0.1) is 0 Å². The molecule has 25 heavy (non-hydrogen) atoms. The smallest absolute Gasteiger partial charge is 0.269 e. The van der Waals surface area contributed by atoms with E-state index in [1.165, 1.54) is 11.1 Å². The van der Waals surface area contributed by atoms with Gasteiger partial charge in [-0.15, -0.1) is 10.2 Å². The quantitative estimate of drug-likeness (QED) is 0.902. The highest BCUT2D eigenvalue weighted by Crippen LogP contribution is 2.17. The molecule has 132 valence electrons. The summed E-state index contributed by atoms with van der Waals surface area (Å²) in [5, 5.41) is 8.00. The second-order valence-corrected chi connectivity index (χ2v) is 6.80. The van der Waals surface area contributed by atoms with E-state index < -0.39 is 5.91 Å². The predicted octanol–water partition coefficient (Wildman–Crippen LogP) is 2.02. The van der Waals surface area contributed by atoms with Crippen LogP contribution in [-0.2, 0) is 6.54 Å². The van der Waals surface area contributed by atoms with E-state index in [0.717, 1.165) is 38.5 Å². The van der Waals surface area contributed by atoms with Crippen LogP contribution in [0.1, 0.15) is 41.4 Å². The van der Waals surface area contributed by atoms with Gasteiger partial charge in [0.15, 0.2) is 11.5 Å². The molecule has 6 nitrogen and oxygen atoms in total. The average Bonchev–Trinajstić information content (AvgIpc) is 2.63. The first kappa shape index (κ1) is 17.4. The number of primary amides is 1. The zero-order chi connectivity index (χ0) is 17.8. The molecule has 0 aliphatic carbocycles. The number of nitrogens with two attached hydrogens (primary N) is 1. The molecule has 1 aliphatic heterocycles. The minimum Gasteiger partial charge on any atom is -0.364 e. The Balaban J connectivity index is 1.53. The van der Waals surface area contributed by atoms with Crippen LogP contribution in [0.15, 0.2) is 36.4 Å². The molecule has 1 fully saturated rings. The lowest BCUT2D eigenvalue weighted by Crippen LogP contribution is -2.46. The molecular formula is C19H25N5O. The van der Waals surface area contributed by atoms with E-state index in [1.54, 1.807) is 6.07 Å². The molecule has 1 saturated heterocycles. The lowest BCUT2D eigenvalue weighted by Gasteiger charge is -2.35. The third kappa shape index (κ3) is 4.33.